The zero-order valence-corrected chi connectivity index (χ0v) is 20.8. The topological polar surface area (TPSA) is 83.7 Å². The van der Waals surface area contributed by atoms with Crippen molar-refractivity contribution in [1.82, 2.24) is 9.78 Å². The van der Waals surface area contributed by atoms with Crippen LogP contribution in [0.25, 0.3) is 26.9 Å². The quantitative estimate of drug-likeness (QED) is 0.234. The zero-order valence-electron chi connectivity index (χ0n) is 20.8. The molecule has 1 aromatic heterocycles. The minimum absolute atomic E-state index is 0.0371. The number of hydrogen-bond acceptors (Lipinski definition) is 5. The number of nitrogens with zero attached hydrogens (tertiary/aromatic N) is 3. The first kappa shape index (κ1) is 25.0. The van der Waals surface area contributed by atoms with Crippen LogP contribution in [0, 0.1) is 6.57 Å². The number of benzene rings is 3. The highest BCUT2D eigenvalue weighted by molar-refractivity contribution is 5.87. The third-order valence-corrected chi connectivity index (χ3v) is 5.96. The van der Waals surface area contributed by atoms with Crippen molar-refractivity contribution in [2.75, 3.05) is 6.61 Å². The molecule has 0 aliphatic rings. The lowest BCUT2D eigenvalue weighted by Crippen LogP contribution is -2.09. The Kier molecular flexibility index (Phi) is 7.67. The summed E-state index contributed by atoms with van der Waals surface area (Å²) in [5.41, 5.74) is 11.8. The Morgan fingerprint density at radius 3 is 2.61 bits per heavy atom. The lowest BCUT2D eigenvalue weighted by atomic mass is 10.0. The van der Waals surface area contributed by atoms with Gasteiger partial charge in [-0.3, -0.25) is 9.48 Å². The van der Waals surface area contributed by atoms with Gasteiger partial charge in [0.05, 0.1) is 25.1 Å². The van der Waals surface area contributed by atoms with Gasteiger partial charge in [0.15, 0.2) is 0 Å². The molecule has 0 spiro atoms. The molecule has 184 valence electrons. The predicted octanol–water partition coefficient (Wildman–Crippen LogP) is 5.98. The number of fused-ring (bicyclic) bond motifs is 1. The first-order valence-corrected chi connectivity index (χ1v) is 12.0. The minimum Gasteiger partial charge on any atom is -0.498 e. The van der Waals surface area contributed by atoms with E-state index < -0.39 is 0 Å². The molecule has 0 saturated carbocycles. The van der Waals surface area contributed by atoms with Gasteiger partial charge in [0.25, 0.3) is 0 Å². The lowest BCUT2D eigenvalue weighted by molar-refractivity contribution is -0.142. The molecule has 0 unspecified atom stereocenters. The number of nitrogens with two attached hydrogens (primary N) is 1. The van der Waals surface area contributed by atoms with Gasteiger partial charge in [-0.1, -0.05) is 42.5 Å². The Morgan fingerprint density at radius 1 is 1.11 bits per heavy atom. The van der Waals surface area contributed by atoms with E-state index in [0.717, 1.165) is 33.3 Å². The van der Waals surface area contributed by atoms with Crippen LogP contribution >= 0.6 is 0 Å². The van der Waals surface area contributed by atoms with Crippen molar-refractivity contribution < 1.29 is 14.3 Å². The Bertz CT molecular complexity index is 1430. The fourth-order valence-corrected chi connectivity index (χ4v) is 4.24. The molecule has 0 amide bonds. The number of rotatable bonds is 9. The number of para-hydroxylation sites is 1. The molecule has 2 N–H and O–H groups in total. The smallest absolute Gasteiger partial charge is 0.310 e. The summed E-state index contributed by atoms with van der Waals surface area (Å²) in [4.78, 5) is 15.7. The highest BCUT2D eigenvalue weighted by atomic mass is 16.5. The van der Waals surface area contributed by atoms with E-state index in [1.165, 1.54) is 0 Å². The first-order chi connectivity index (χ1) is 17.4. The molecular weight excluding hydrogens is 452 g/mol. The molecule has 3 aromatic carbocycles. The summed E-state index contributed by atoms with van der Waals surface area (Å²) in [5, 5.41) is 5.83. The SMILES string of the molecule is [C-]#[N+]c1cccc(CC(=O)OCC)c1OCc1nn(C(C)C)c2ccc(-c3cccc(CN)c3)cc12. The van der Waals surface area contributed by atoms with Crippen molar-refractivity contribution in [1.29, 1.82) is 0 Å². The summed E-state index contributed by atoms with van der Waals surface area (Å²) in [6.45, 7) is 14.4. The van der Waals surface area contributed by atoms with Gasteiger partial charge < -0.3 is 15.2 Å². The van der Waals surface area contributed by atoms with Crippen LogP contribution in [0.3, 0.4) is 0 Å². The second kappa shape index (κ2) is 11.1. The summed E-state index contributed by atoms with van der Waals surface area (Å²) in [6, 6.07) is 19.9. The Labute approximate surface area is 211 Å². The average molecular weight is 483 g/mol. The first-order valence-electron chi connectivity index (χ1n) is 12.0. The molecule has 4 rings (SSSR count). The van der Waals surface area contributed by atoms with E-state index in [4.69, 9.17) is 26.9 Å². The van der Waals surface area contributed by atoms with Gasteiger partial charge in [-0.25, -0.2) is 4.85 Å². The van der Waals surface area contributed by atoms with E-state index in [2.05, 4.69) is 49.0 Å². The third kappa shape index (κ3) is 5.24. The minimum atomic E-state index is -0.358. The molecule has 0 atom stereocenters. The predicted molar refractivity (Wildman–Crippen MR) is 141 cm³/mol. The Morgan fingerprint density at radius 2 is 1.89 bits per heavy atom. The zero-order chi connectivity index (χ0) is 25.7. The van der Waals surface area contributed by atoms with Crippen molar-refractivity contribution in [3.63, 3.8) is 0 Å². The van der Waals surface area contributed by atoms with Crippen molar-refractivity contribution in [2.45, 2.75) is 46.4 Å². The summed E-state index contributed by atoms with van der Waals surface area (Å²) < 4.78 is 13.3. The van der Waals surface area contributed by atoms with E-state index >= 15 is 0 Å². The molecule has 1 heterocycles. The second-order valence-electron chi connectivity index (χ2n) is 8.77. The average Bonchev–Trinajstić information content (AvgIpc) is 3.26. The van der Waals surface area contributed by atoms with E-state index in [9.17, 15) is 4.79 Å². The molecule has 0 radical (unpaired) electrons. The van der Waals surface area contributed by atoms with Crippen LogP contribution in [0.1, 0.15) is 43.6 Å². The van der Waals surface area contributed by atoms with E-state index in [1.54, 1.807) is 25.1 Å². The number of ether oxygens (including phenoxy) is 2. The molecule has 0 bridgehead atoms. The van der Waals surface area contributed by atoms with Crippen LogP contribution in [0.15, 0.2) is 60.7 Å². The van der Waals surface area contributed by atoms with Gasteiger partial charge in [-0.05, 0) is 61.2 Å². The van der Waals surface area contributed by atoms with E-state index in [0.29, 0.717) is 30.2 Å². The molecule has 0 saturated heterocycles. The van der Waals surface area contributed by atoms with Gasteiger partial charge in [0.1, 0.15) is 18.1 Å². The maximum Gasteiger partial charge on any atom is 0.310 e. The fourth-order valence-electron chi connectivity index (χ4n) is 4.24. The molecule has 0 aliphatic heterocycles. The van der Waals surface area contributed by atoms with Gasteiger partial charge in [0.2, 0.25) is 5.69 Å². The maximum atomic E-state index is 12.1. The van der Waals surface area contributed by atoms with Gasteiger partial charge >= 0.3 is 5.97 Å². The molecule has 7 heteroatoms. The second-order valence-corrected chi connectivity index (χ2v) is 8.77. The molecule has 0 fully saturated rings. The van der Waals surface area contributed by atoms with Crippen LogP contribution in [0.2, 0.25) is 0 Å². The number of carbonyl (C=O) groups excluding carboxylic acids is 1. The van der Waals surface area contributed by atoms with Crippen LogP contribution in [-0.4, -0.2) is 22.4 Å². The summed E-state index contributed by atoms with van der Waals surface area (Å²) in [7, 11) is 0. The lowest BCUT2D eigenvalue weighted by Gasteiger charge is -2.13. The van der Waals surface area contributed by atoms with Gasteiger partial charge in [-0.15, -0.1) is 0 Å². The largest absolute Gasteiger partial charge is 0.498 e. The molecular formula is C29H30N4O3. The normalized spacial score (nSPS) is 11.0. The van der Waals surface area contributed by atoms with E-state index in [1.807, 2.05) is 16.8 Å². The van der Waals surface area contributed by atoms with Crippen LogP contribution in [0.5, 0.6) is 5.75 Å². The van der Waals surface area contributed by atoms with Crippen LogP contribution in [0.4, 0.5) is 5.69 Å². The monoisotopic (exact) mass is 482 g/mol. The summed E-state index contributed by atoms with van der Waals surface area (Å²) in [6.07, 6.45) is 0.0371. The van der Waals surface area contributed by atoms with Crippen molar-refractivity contribution >= 4 is 22.6 Å². The number of hydrogen-bond donors (Lipinski definition) is 1. The number of aromatic nitrogens is 2. The number of esters is 1. The van der Waals surface area contributed by atoms with Gasteiger partial charge in [-0.2, -0.15) is 5.10 Å². The van der Waals surface area contributed by atoms with E-state index in [-0.39, 0.29) is 25.0 Å². The molecule has 0 aliphatic carbocycles. The highest BCUT2D eigenvalue weighted by Crippen LogP contribution is 2.34. The van der Waals surface area contributed by atoms with Gasteiger partial charge in [0, 0.05) is 18.0 Å². The number of carbonyl (C=O) groups is 1. The molecule has 4 aromatic rings. The molecule has 7 nitrogen and oxygen atoms in total. The Hall–Kier alpha value is -4.15. The molecule has 36 heavy (non-hydrogen) atoms. The van der Waals surface area contributed by atoms with Crippen molar-refractivity contribution in [2.24, 2.45) is 5.73 Å². The van der Waals surface area contributed by atoms with Crippen molar-refractivity contribution in [3.8, 4) is 16.9 Å². The Balaban J connectivity index is 1.72. The van der Waals surface area contributed by atoms with Crippen molar-refractivity contribution in [3.05, 3.63) is 88.9 Å². The summed E-state index contributed by atoms with van der Waals surface area (Å²) in [5.74, 6) is 0.0305. The summed E-state index contributed by atoms with van der Waals surface area (Å²) >= 11 is 0. The third-order valence-electron chi connectivity index (χ3n) is 5.96. The van der Waals surface area contributed by atoms with Crippen LogP contribution in [-0.2, 0) is 29.1 Å². The maximum absolute atomic E-state index is 12.1. The standard InChI is InChI=1S/C29H30N4O3/c1-5-35-28(34)16-23-10-7-11-25(31-4)29(23)36-18-26-24-15-22(21-9-6-8-20(14-21)17-30)12-13-27(24)33(32-26)19(2)3/h6-15,19H,5,16-18,30H2,1-3H3. The fraction of sp³-hybridized carbons (Fsp3) is 0.276. The highest BCUT2D eigenvalue weighted by Gasteiger charge is 2.18. The van der Waals surface area contributed by atoms with Crippen LogP contribution < -0.4 is 10.5 Å².